The van der Waals surface area contributed by atoms with Gasteiger partial charge in [0.1, 0.15) is 0 Å². The van der Waals surface area contributed by atoms with E-state index >= 15 is 0 Å². The Morgan fingerprint density at radius 3 is 2.44 bits per heavy atom. The molecule has 0 fully saturated rings. The number of aliphatic hydroxyl groups excluding tert-OH is 1. The molecule has 0 bridgehead atoms. The highest BCUT2D eigenvalue weighted by atomic mass is 16.5. The van der Waals surface area contributed by atoms with E-state index in [9.17, 15) is 0 Å². The molecule has 3 heteroatoms. The predicted octanol–water partition coefficient (Wildman–Crippen LogP) is 2.05. The molecular weight excluding hydrogens is 202 g/mol. The molecule has 0 heterocycles. The Morgan fingerprint density at radius 2 is 2.00 bits per heavy atom. The maximum Gasteiger partial charge on any atom is 0.0615 e. The predicted molar refractivity (Wildman–Crippen MR) is 68.6 cm³/mol. The van der Waals surface area contributed by atoms with Crippen molar-refractivity contribution in [3.63, 3.8) is 0 Å². The van der Waals surface area contributed by atoms with E-state index in [0.717, 1.165) is 26.0 Å². The number of hydrogen-bond donors (Lipinski definition) is 2. The molecule has 0 aromatic carbocycles. The van der Waals surface area contributed by atoms with Crippen LogP contribution in [0.3, 0.4) is 0 Å². The third-order valence-corrected chi connectivity index (χ3v) is 2.90. The van der Waals surface area contributed by atoms with Gasteiger partial charge in [-0.1, -0.05) is 20.8 Å². The molecule has 2 atom stereocenters. The summed E-state index contributed by atoms with van der Waals surface area (Å²) in [5.74, 6) is 1.27. The molecule has 3 nitrogen and oxygen atoms in total. The molecule has 16 heavy (non-hydrogen) atoms. The van der Waals surface area contributed by atoms with Crippen molar-refractivity contribution in [1.82, 2.24) is 5.32 Å². The van der Waals surface area contributed by atoms with Crippen molar-refractivity contribution >= 4 is 0 Å². The van der Waals surface area contributed by atoms with Crippen LogP contribution < -0.4 is 5.32 Å². The van der Waals surface area contributed by atoms with Crippen LogP contribution in [0.25, 0.3) is 0 Å². The Labute approximate surface area is 101 Å². The van der Waals surface area contributed by atoms with Crippen LogP contribution >= 0.6 is 0 Å². The van der Waals surface area contributed by atoms with Gasteiger partial charge in [-0.2, -0.15) is 0 Å². The SMILES string of the molecule is CCC(COC)NCC(CCO)CC(C)C. The highest BCUT2D eigenvalue weighted by Crippen LogP contribution is 2.14. The van der Waals surface area contributed by atoms with E-state index in [1.54, 1.807) is 7.11 Å². The molecule has 0 radical (unpaired) electrons. The summed E-state index contributed by atoms with van der Waals surface area (Å²) in [7, 11) is 1.74. The second kappa shape index (κ2) is 10.1. The van der Waals surface area contributed by atoms with Gasteiger partial charge in [0.25, 0.3) is 0 Å². The first-order valence-electron chi connectivity index (χ1n) is 6.47. The Bertz CT molecular complexity index is 151. The summed E-state index contributed by atoms with van der Waals surface area (Å²) in [5, 5.41) is 12.5. The maximum absolute atomic E-state index is 9.02. The minimum atomic E-state index is 0.292. The molecule has 0 aliphatic carbocycles. The minimum absolute atomic E-state index is 0.292. The minimum Gasteiger partial charge on any atom is -0.396 e. The Morgan fingerprint density at radius 1 is 1.31 bits per heavy atom. The van der Waals surface area contributed by atoms with E-state index in [2.05, 4.69) is 26.1 Å². The summed E-state index contributed by atoms with van der Waals surface area (Å²) < 4.78 is 5.16. The fourth-order valence-corrected chi connectivity index (χ4v) is 2.01. The lowest BCUT2D eigenvalue weighted by atomic mass is 9.94. The van der Waals surface area contributed by atoms with Crippen LogP contribution in [-0.2, 0) is 4.74 Å². The molecule has 0 amide bonds. The second-order valence-corrected chi connectivity index (χ2v) is 4.98. The van der Waals surface area contributed by atoms with E-state index in [1.807, 2.05) is 0 Å². The Kier molecular flexibility index (Phi) is 9.99. The first kappa shape index (κ1) is 15.9. The van der Waals surface area contributed by atoms with Gasteiger partial charge in [-0.25, -0.2) is 0 Å². The van der Waals surface area contributed by atoms with Crippen LogP contribution in [0.5, 0.6) is 0 Å². The maximum atomic E-state index is 9.02. The molecule has 98 valence electrons. The molecule has 0 saturated carbocycles. The molecule has 2 unspecified atom stereocenters. The number of rotatable bonds is 10. The van der Waals surface area contributed by atoms with Crippen LogP contribution in [0.4, 0.5) is 0 Å². The van der Waals surface area contributed by atoms with E-state index in [1.165, 1.54) is 6.42 Å². The van der Waals surface area contributed by atoms with Crippen molar-refractivity contribution in [1.29, 1.82) is 0 Å². The fraction of sp³-hybridized carbons (Fsp3) is 1.00. The van der Waals surface area contributed by atoms with Gasteiger partial charge >= 0.3 is 0 Å². The summed E-state index contributed by atoms with van der Waals surface area (Å²) in [6.07, 6.45) is 3.16. The van der Waals surface area contributed by atoms with Gasteiger partial charge in [0.15, 0.2) is 0 Å². The zero-order valence-corrected chi connectivity index (χ0v) is 11.3. The van der Waals surface area contributed by atoms with E-state index in [4.69, 9.17) is 9.84 Å². The first-order chi connectivity index (χ1) is 7.63. The largest absolute Gasteiger partial charge is 0.396 e. The number of methoxy groups -OCH3 is 1. The highest BCUT2D eigenvalue weighted by Gasteiger charge is 2.12. The number of hydrogen-bond acceptors (Lipinski definition) is 3. The highest BCUT2D eigenvalue weighted by molar-refractivity contribution is 4.69. The van der Waals surface area contributed by atoms with Crippen molar-refractivity contribution < 1.29 is 9.84 Å². The zero-order valence-electron chi connectivity index (χ0n) is 11.3. The standard InChI is InChI=1S/C13H29NO2/c1-5-13(10-16-4)14-9-12(6-7-15)8-11(2)3/h11-15H,5-10H2,1-4H3. The van der Waals surface area contributed by atoms with Crippen LogP contribution in [0.1, 0.15) is 40.0 Å². The van der Waals surface area contributed by atoms with Gasteiger partial charge in [-0.3, -0.25) is 0 Å². The molecule has 0 saturated heterocycles. The lowest BCUT2D eigenvalue weighted by Crippen LogP contribution is -2.36. The van der Waals surface area contributed by atoms with Crippen LogP contribution in [0, 0.1) is 11.8 Å². The third kappa shape index (κ3) is 8.08. The Balaban J connectivity index is 3.88. The molecule has 0 aliphatic heterocycles. The molecule has 0 aliphatic rings. The molecule has 0 rings (SSSR count). The van der Waals surface area contributed by atoms with Gasteiger partial charge in [-0.05, 0) is 37.6 Å². The summed E-state index contributed by atoms with van der Waals surface area (Å²) in [6, 6.07) is 0.443. The van der Waals surface area contributed by atoms with Crippen LogP contribution in [0.2, 0.25) is 0 Å². The van der Waals surface area contributed by atoms with E-state index in [-0.39, 0.29) is 0 Å². The molecule has 0 aromatic rings. The van der Waals surface area contributed by atoms with Crippen LogP contribution in [-0.4, -0.2) is 38.0 Å². The van der Waals surface area contributed by atoms with E-state index < -0.39 is 0 Å². The van der Waals surface area contributed by atoms with Gasteiger partial charge in [0.05, 0.1) is 6.61 Å². The fourth-order valence-electron chi connectivity index (χ4n) is 2.01. The lowest BCUT2D eigenvalue weighted by molar-refractivity contribution is 0.158. The molecule has 2 N–H and O–H groups in total. The van der Waals surface area contributed by atoms with Gasteiger partial charge < -0.3 is 15.2 Å². The quantitative estimate of drug-likeness (QED) is 0.604. The van der Waals surface area contributed by atoms with Crippen molar-refractivity contribution in [2.45, 2.75) is 46.1 Å². The smallest absolute Gasteiger partial charge is 0.0615 e. The number of ether oxygens (including phenoxy) is 1. The zero-order chi connectivity index (χ0) is 12.4. The number of nitrogens with one attached hydrogen (secondary N) is 1. The summed E-state index contributed by atoms with van der Waals surface area (Å²) >= 11 is 0. The molecule has 0 spiro atoms. The topological polar surface area (TPSA) is 41.5 Å². The van der Waals surface area contributed by atoms with Gasteiger partial charge in [0, 0.05) is 19.8 Å². The monoisotopic (exact) mass is 231 g/mol. The average Bonchev–Trinajstić information content (AvgIpc) is 2.23. The van der Waals surface area contributed by atoms with Crippen molar-refractivity contribution in [3.05, 3.63) is 0 Å². The van der Waals surface area contributed by atoms with Crippen molar-refractivity contribution in [3.8, 4) is 0 Å². The van der Waals surface area contributed by atoms with Crippen molar-refractivity contribution in [2.75, 3.05) is 26.9 Å². The molecular formula is C13H29NO2. The normalized spacial score (nSPS) is 15.4. The van der Waals surface area contributed by atoms with Gasteiger partial charge in [0.2, 0.25) is 0 Å². The first-order valence-corrected chi connectivity index (χ1v) is 6.47. The van der Waals surface area contributed by atoms with E-state index in [0.29, 0.717) is 24.5 Å². The summed E-state index contributed by atoms with van der Waals surface area (Å²) in [6.45, 7) is 8.68. The summed E-state index contributed by atoms with van der Waals surface area (Å²) in [4.78, 5) is 0. The number of aliphatic hydroxyl groups is 1. The third-order valence-electron chi connectivity index (χ3n) is 2.90. The average molecular weight is 231 g/mol. The second-order valence-electron chi connectivity index (χ2n) is 4.98. The lowest BCUT2D eigenvalue weighted by Gasteiger charge is -2.22. The molecule has 0 aromatic heterocycles. The Hall–Kier alpha value is -0.120. The van der Waals surface area contributed by atoms with Crippen molar-refractivity contribution in [2.24, 2.45) is 11.8 Å². The van der Waals surface area contributed by atoms with Crippen LogP contribution in [0.15, 0.2) is 0 Å². The summed E-state index contributed by atoms with van der Waals surface area (Å²) in [5.41, 5.74) is 0. The van der Waals surface area contributed by atoms with Gasteiger partial charge in [-0.15, -0.1) is 0 Å².